The normalized spacial score (nSPS) is 15.7. The Labute approximate surface area is 181 Å². The first-order valence-electron chi connectivity index (χ1n) is 10.3. The average Bonchev–Trinajstić information content (AvgIpc) is 3.45. The number of aromatic nitrogens is 1. The van der Waals surface area contributed by atoms with Crippen molar-refractivity contribution in [3.8, 4) is 5.75 Å². The number of hydrogen-bond donors (Lipinski definition) is 0. The summed E-state index contributed by atoms with van der Waals surface area (Å²) in [5.74, 6) is 0.971. The molecule has 4 rings (SSSR count). The summed E-state index contributed by atoms with van der Waals surface area (Å²) in [5.41, 5.74) is 1.59. The second-order valence-corrected chi connectivity index (χ2v) is 8.81. The van der Waals surface area contributed by atoms with Crippen LogP contribution in [0.4, 0.5) is 0 Å². The van der Waals surface area contributed by atoms with E-state index >= 15 is 0 Å². The molecule has 1 aliphatic rings. The van der Waals surface area contributed by atoms with Gasteiger partial charge in [-0.15, -0.1) is 11.3 Å². The molecule has 1 aromatic carbocycles. The third kappa shape index (κ3) is 4.16. The highest BCUT2D eigenvalue weighted by Gasteiger charge is 2.44. The van der Waals surface area contributed by atoms with Crippen molar-refractivity contribution in [1.29, 1.82) is 0 Å². The molecule has 0 aliphatic carbocycles. The molecule has 0 N–H and O–H groups in total. The van der Waals surface area contributed by atoms with Gasteiger partial charge in [-0.3, -0.25) is 4.79 Å². The zero-order chi connectivity index (χ0) is 21.0. The summed E-state index contributed by atoms with van der Waals surface area (Å²) in [7, 11) is 3.68. The summed E-state index contributed by atoms with van der Waals surface area (Å²) >= 11 is 1.69. The van der Waals surface area contributed by atoms with E-state index in [-0.39, 0.29) is 5.91 Å². The maximum absolute atomic E-state index is 14.2. The lowest BCUT2D eigenvalue weighted by Gasteiger charge is -2.40. The molecule has 0 atom stereocenters. The largest absolute Gasteiger partial charge is 0.497 e. The molecule has 30 heavy (non-hydrogen) atoms. The Morgan fingerprint density at radius 2 is 1.90 bits per heavy atom. The van der Waals surface area contributed by atoms with E-state index in [4.69, 9.17) is 9.47 Å². The van der Waals surface area contributed by atoms with Crippen LogP contribution >= 0.6 is 11.3 Å². The summed E-state index contributed by atoms with van der Waals surface area (Å²) in [5, 5.41) is 2.06. The van der Waals surface area contributed by atoms with Gasteiger partial charge in [-0.25, -0.2) is 0 Å². The molecule has 1 aliphatic heterocycles. The van der Waals surface area contributed by atoms with Gasteiger partial charge >= 0.3 is 0 Å². The molecular formula is C24H28N2O3S. The number of aryl methyl sites for hydroxylation is 1. The highest BCUT2D eigenvalue weighted by molar-refractivity contribution is 7.09. The Bertz CT molecular complexity index is 957. The third-order valence-electron chi connectivity index (χ3n) is 6.02. The first kappa shape index (κ1) is 20.7. The van der Waals surface area contributed by atoms with Crippen LogP contribution in [0.25, 0.3) is 0 Å². The van der Waals surface area contributed by atoms with E-state index < -0.39 is 5.41 Å². The number of hydrogen-bond acceptors (Lipinski definition) is 4. The van der Waals surface area contributed by atoms with Crippen LogP contribution in [0.2, 0.25) is 0 Å². The van der Waals surface area contributed by atoms with Gasteiger partial charge < -0.3 is 18.9 Å². The second-order valence-electron chi connectivity index (χ2n) is 7.77. The van der Waals surface area contributed by atoms with Crippen molar-refractivity contribution < 1.29 is 14.3 Å². The van der Waals surface area contributed by atoms with Crippen molar-refractivity contribution in [2.75, 3.05) is 20.3 Å². The molecule has 0 unspecified atom stereocenters. The van der Waals surface area contributed by atoms with Crippen LogP contribution < -0.4 is 4.74 Å². The predicted octanol–water partition coefficient (Wildman–Crippen LogP) is 4.37. The first-order chi connectivity index (χ1) is 14.6. The Morgan fingerprint density at radius 1 is 1.13 bits per heavy atom. The fourth-order valence-corrected chi connectivity index (χ4v) is 4.92. The van der Waals surface area contributed by atoms with Gasteiger partial charge in [0, 0.05) is 37.0 Å². The van der Waals surface area contributed by atoms with E-state index in [1.54, 1.807) is 18.4 Å². The zero-order valence-corrected chi connectivity index (χ0v) is 18.4. The van der Waals surface area contributed by atoms with Gasteiger partial charge in [-0.1, -0.05) is 18.2 Å². The van der Waals surface area contributed by atoms with E-state index in [0.717, 1.165) is 17.0 Å². The number of benzene rings is 1. The molecule has 1 saturated heterocycles. The molecule has 5 nitrogen and oxygen atoms in total. The minimum atomic E-state index is -0.576. The van der Waals surface area contributed by atoms with E-state index in [0.29, 0.717) is 39.1 Å². The number of amides is 1. The van der Waals surface area contributed by atoms with Crippen LogP contribution in [-0.2, 0) is 35.1 Å². The number of ether oxygens (including phenoxy) is 2. The SMILES string of the molecule is COc1ccc(C2(C(=O)N(Cc3cccs3)Cc3cccn3C)CCOCC2)cc1. The molecule has 158 valence electrons. The molecule has 3 heterocycles. The van der Waals surface area contributed by atoms with Crippen molar-refractivity contribution >= 4 is 17.2 Å². The molecule has 0 saturated carbocycles. The first-order valence-corrected chi connectivity index (χ1v) is 11.1. The topological polar surface area (TPSA) is 43.7 Å². The number of thiophene rings is 1. The van der Waals surface area contributed by atoms with Gasteiger partial charge in [0.25, 0.3) is 0 Å². The molecule has 0 radical (unpaired) electrons. The third-order valence-corrected chi connectivity index (χ3v) is 6.88. The highest BCUT2D eigenvalue weighted by atomic mass is 32.1. The minimum Gasteiger partial charge on any atom is -0.497 e. The predicted molar refractivity (Wildman–Crippen MR) is 119 cm³/mol. The molecule has 3 aromatic rings. The number of carbonyl (C=O) groups is 1. The lowest BCUT2D eigenvalue weighted by molar-refractivity contribution is -0.142. The Balaban J connectivity index is 1.70. The summed E-state index contributed by atoms with van der Waals surface area (Å²) < 4.78 is 13.1. The van der Waals surface area contributed by atoms with Crippen molar-refractivity contribution in [3.05, 3.63) is 76.2 Å². The van der Waals surface area contributed by atoms with Crippen molar-refractivity contribution in [2.24, 2.45) is 7.05 Å². The average molecular weight is 425 g/mol. The van der Waals surface area contributed by atoms with E-state index in [1.807, 2.05) is 54.5 Å². The van der Waals surface area contributed by atoms with Gasteiger partial charge in [-0.05, 0) is 54.1 Å². The fraction of sp³-hybridized carbons (Fsp3) is 0.375. The Hall–Kier alpha value is -2.57. The van der Waals surface area contributed by atoms with Gasteiger partial charge in [0.2, 0.25) is 5.91 Å². The molecular weight excluding hydrogens is 396 g/mol. The molecule has 0 bridgehead atoms. The fourth-order valence-electron chi connectivity index (χ4n) is 4.21. The van der Waals surface area contributed by atoms with Crippen LogP contribution in [0.5, 0.6) is 5.75 Å². The van der Waals surface area contributed by atoms with E-state index in [9.17, 15) is 4.79 Å². The van der Waals surface area contributed by atoms with Gasteiger partial charge in [0.1, 0.15) is 5.75 Å². The number of nitrogens with zero attached hydrogens (tertiary/aromatic N) is 2. The molecule has 6 heteroatoms. The lowest BCUT2D eigenvalue weighted by atomic mass is 9.73. The van der Waals surface area contributed by atoms with Crippen LogP contribution in [-0.4, -0.2) is 35.7 Å². The summed E-state index contributed by atoms with van der Waals surface area (Å²) in [4.78, 5) is 17.4. The van der Waals surface area contributed by atoms with Crippen molar-refractivity contribution in [1.82, 2.24) is 9.47 Å². The van der Waals surface area contributed by atoms with Crippen LogP contribution in [0.15, 0.2) is 60.1 Å². The number of methoxy groups -OCH3 is 1. The molecule has 1 amide bonds. The van der Waals surface area contributed by atoms with Crippen molar-refractivity contribution in [3.63, 3.8) is 0 Å². The monoisotopic (exact) mass is 424 g/mol. The smallest absolute Gasteiger partial charge is 0.234 e. The Morgan fingerprint density at radius 3 is 2.50 bits per heavy atom. The quantitative estimate of drug-likeness (QED) is 0.566. The molecule has 0 spiro atoms. The van der Waals surface area contributed by atoms with Crippen LogP contribution in [0.3, 0.4) is 0 Å². The second kappa shape index (κ2) is 9.06. The van der Waals surface area contributed by atoms with Crippen molar-refractivity contribution in [2.45, 2.75) is 31.3 Å². The van der Waals surface area contributed by atoms with E-state index in [2.05, 4.69) is 22.1 Å². The molecule has 2 aromatic heterocycles. The minimum absolute atomic E-state index is 0.172. The lowest BCUT2D eigenvalue weighted by Crippen LogP contribution is -2.49. The number of carbonyl (C=O) groups excluding carboxylic acids is 1. The maximum Gasteiger partial charge on any atom is 0.234 e. The van der Waals surface area contributed by atoms with Crippen LogP contribution in [0, 0.1) is 0 Å². The Kier molecular flexibility index (Phi) is 6.25. The van der Waals surface area contributed by atoms with Gasteiger partial charge in [0.05, 0.1) is 25.6 Å². The van der Waals surface area contributed by atoms with Crippen LogP contribution in [0.1, 0.15) is 29.0 Å². The summed E-state index contributed by atoms with van der Waals surface area (Å²) in [6, 6.07) is 16.2. The summed E-state index contributed by atoms with van der Waals surface area (Å²) in [6.07, 6.45) is 3.40. The van der Waals surface area contributed by atoms with E-state index in [1.165, 1.54) is 4.88 Å². The zero-order valence-electron chi connectivity index (χ0n) is 17.5. The molecule has 1 fully saturated rings. The maximum atomic E-state index is 14.2. The standard InChI is InChI=1S/C24H28N2O3S/c1-25-13-3-5-20(25)17-26(18-22-6-4-16-30-22)23(27)24(11-14-29-15-12-24)19-7-9-21(28-2)10-8-19/h3-10,13,16H,11-12,14-15,17-18H2,1-2H3. The van der Waals surface area contributed by atoms with Gasteiger partial charge in [-0.2, -0.15) is 0 Å². The number of rotatable bonds is 7. The summed E-state index contributed by atoms with van der Waals surface area (Å²) in [6.45, 7) is 2.38. The van der Waals surface area contributed by atoms with Gasteiger partial charge in [0.15, 0.2) is 0 Å². The highest BCUT2D eigenvalue weighted by Crippen LogP contribution is 2.38.